The van der Waals surface area contributed by atoms with E-state index >= 15 is 0 Å². The molecule has 0 aromatic rings. The quantitative estimate of drug-likeness (QED) is 0.545. The van der Waals surface area contributed by atoms with Crippen molar-refractivity contribution in [2.75, 3.05) is 0 Å². The Bertz CT molecular complexity index is 105. The van der Waals surface area contributed by atoms with Crippen molar-refractivity contribution in [1.82, 2.24) is 0 Å². The zero-order valence-electron chi connectivity index (χ0n) is 4.89. The molecule has 1 nitrogen and oxygen atoms in total. The molecular weight excluding hydrogens is 105 g/mol. The van der Waals surface area contributed by atoms with E-state index < -0.39 is 0 Å². The molecule has 0 radical (unpaired) electrons. The summed E-state index contributed by atoms with van der Waals surface area (Å²) in [7, 11) is 0. The summed E-state index contributed by atoms with van der Waals surface area (Å²) in [5, 5.41) is 0. The maximum atomic E-state index is 12.0. The Balaban J connectivity index is 3.53. The maximum absolute atomic E-state index is 12.0. The van der Waals surface area contributed by atoms with Crippen molar-refractivity contribution in [2.24, 2.45) is 5.73 Å². The Morgan fingerprint density at radius 1 is 1.75 bits per heavy atom. The zero-order valence-corrected chi connectivity index (χ0v) is 4.89. The Morgan fingerprint density at radius 3 is 2.75 bits per heavy atom. The van der Waals surface area contributed by atoms with Crippen LogP contribution in [0.15, 0.2) is 24.2 Å². The van der Waals surface area contributed by atoms with Crippen LogP contribution in [0.1, 0.15) is 13.3 Å². The number of hydrogen-bond donors (Lipinski definition) is 1. The lowest BCUT2D eigenvalue weighted by Gasteiger charge is -1.79. The highest BCUT2D eigenvalue weighted by Crippen LogP contribution is 1.94. The van der Waals surface area contributed by atoms with Crippen LogP contribution in [0.3, 0.4) is 0 Å². The molecule has 46 valence electrons. The van der Waals surface area contributed by atoms with Crippen molar-refractivity contribution >= 4 is 0 Å². The molecule has 0 saturated heterocycles. The molecule has 2 heteroatoms. The van der Waals surface area contributed by atoms with E-state index in [9.17, 15) is 4.39 Å². The molecule has 0 aromatic heterocycles. The average molecular weight is 115 g/mol. The van der Waals surface area contributed by atoms with Crippen LogP contribution >= 0.6 is 0 Å². The van der Waals surface area contributed by atoms with Gasteiger partial charge in [0.1, 0.15) is 5.83 Å². The summed E-state index contributed by atoms with van der Waals surface area (Å²) in [6, 6.07) is 0. The third kappa shape index (κ3) is 3.40. The minimum absolute atomic E-state index is 0.383. The highest BCUT2D eigenvalue weighted by Gasteiger charge is 1.78. The highest BCUT2D eigenvalue weighted by molar-refractivity contribution is 5.08. The number of rotatable bonds is 2. The molecule has 0 aliphatic carbocycles. The van der Waals surface area contributed by atoms with Crippen molar-refractivity contribution in [3.05, 3.63) is 24.2 Å². The van der Waals surface area contributed by atoms with Gasteiger partial charge in [-0.25, -0.2) is 4.39 Å². The molecule has 0 fully saturated rings. The van der Waals surface area contributed by atoms with Crippen LogP contribution in [-0.4, -0.2) is 0 Å². The summed E-state index contributed by atoms with van der Waals surface area (Å²) < 4.78 is 12.0. The molecule has 0 aliphatic heterocycles. The third-order valence-electron chi connectivity index (χ3n) is 0.672. The third-order valence-corrected chi connectivity index (χ3v) is 0.672. The molecule has 2 N–H and O–H groups in total. The van der Waals surface area contributed by atoms with Crippen LogP contribution in [0.5, 0.6) is 0 Å². The fourth-order valence-corrected chi connectivity index (χ4v) is 0.286. The fourth-order valence-electron chi connectivity index (χ4n) is 0.286. The Morgan fingerprint density at radius 2 is 2.38 bits per heavy atom. The first kappa shape index (κ1) is 7.21. The topological polar surface area (TPSA) is 26.0 Å². The molecule has 0 atom stereocenters. The van der Waals surface area contributed by atoms with Gasteiger partial charge in [-0.3, -0.25) is 0 Å². The first-order chi connectivity index (χ1) is 3.81. The molecule has 0 aromatic carbocycles. The fraction of sp³-hybridized carbons (Fsp3) is 0.333. The molecule has 0 saturated carbocycles. The lowest BCUT2D eigenvalue weighted by molar-refractivity contribution is 0.663. The predicted molar refractivity (Wildman–Crippen MR) is 32.8 cm³/mol. The van der Waals surface area contributed by atoms with E-state index in [4.69, 9.17) is 5.73 Å². The van der Waals surface area contributed by atoms with Crippen LogP contribution < -0.4 is 5.73 Å². The lowest BCUT2D eigenvalue weighted by Crippen LogP contribution is -1.78. The summed E-state index contributed by atoms with van der Waals surface area (Å²) in [6.45, 7) is 1.93. The zero-order chi connectivity index (χ0) is 6.41. The molecule has 0 spiro atoms. The Kier molecular flexibility index (Phi) is 3.94. The second kappa shape index (κ2) is 4.37. The van der Waals surface area contributed by atoms with Gasteiger partial charge in [0.15, 0.2) is 0 Å². The van der Waals surface area contributed by atoms with E-state index in [2.05, 4.69) is 0 Å². The van der Waals surface area contributed by atoms with E-state index in [1.54, 1.807) is 6.08 Å². The van der Waals surface area contributed by atoms with Gasteiger partial charge in [-0.15, -0.1) is 0 Å². The largest absolute Gasteiger partial charge is 0.402 e. The van der Waals surface area contributed by atoms with Crippen LogP contribution in [0.4, 0.5) is 4.39 Å². The van der Waals surface area contributed by atoms with Crippen LogP contribution in [-0.2, 0) is 0 Å². The van der Waals surface area contributed by atoms with E-state index in [1.807, 2.05) is 6.92 Å². The number of hydrogen-bond acceptors (Lipinski definition) is 1. The molecule has 0 amide bonds. The van der Waals surface area contributed by atoms with Gasteiger partial charge < -0.3 is 5.73 Å². The number of nitrogens with two attached hydrogens (primary N) is 1. The second-order valence-corrected chi connectivity index (χ2v) is 1.36. The number of allylic oxidation sites excluding steroid dienone is 3. The molecule has 8 heavy (non-hydrogen) atoms. The van der Waals surface area contributed by atoms with Gasteiger partial charge >= 0.3 is 0 Å². The maximum Gasteiger partial charge on any atom is 0.138 e. The van der Waals surface area contributed by atoms with E-state index in [0.717, 1.165) is 12.6 Å². The predicted octanol–water partition coefficient (Wildman–Crippen LogP) is 1.72. The van der Waals surface area contributed by atoms with Gasteiger partial charge in [0, 0.05) is 6.20 Å². The summed E-state index contributed by atoms with van der Waals surface area (Å²) >= 11 is 0. The molecule has 0 aliphatic rings. The van der Waals surface area contributed by atoms with Gasteiger partial charge in [-0.2, -0.15) is 0 Å². The Labute approximate surface area is 48.7 Å². The van der Waals surface area contributed by atoms with E-state index in [1.165, 1.54) is 6.08 Å². The van der Waals surface area contributed by atoms with Gasteiger partial charge in [-0.05, 0) is 12.5 Å². The molecule has 0 heterocycles. The first-order valence-electron chi connectivity index (χ1n) is 2.55. The lowest BCUT2D eigenvalue weighted by atomic mass is 10.4. The normalized spacial score (nSPS) is 13.0. The van der Waals surface area contributed by atoms with Crippen LogP contribution in [0, 0.1) is 0 Å². The second-order valence-electron chi connectivity index (χ2n) is 1.36. The van der Waals surface area contributed by atoms with Crippen molar-refractivity contribution in [3.8, 4) is 0 Å². The van der Waals surface area contributed by atoms with E-state index in [-0.39, 0.29) is 5.83 Å². The molecular formula is C6H10FN. The number of halogens is 1. The van der Waals surface area contributed by atoms with Crippen molar-refractivity contribution in [3.63, 3.8) is 0 Å². The Hall–Kier alpha value is -0.790. The summed E-state index contributed by atoms with van der Waals surface area (Å²) in [4.78, 5) is 0. The van der Waals surface area contributed by atoms with Gasteiger partial charge in [0.05, 0.1) is 0 Å². The molecule has 0 unspecified atom stereocenters. The van der Waals surface area contributed by atoms with Crippen molar-refractivity contribution in [2.45, 2.75) is 13.3 Å². The first-order valence-corrected chi connectivity index (χ1v) is 2.55. The van der Waals surface area contributed by atoms with Gasteiger partial charge in [0.2, 0.25) is 0 Å². The average Bonchev–Trinajstić information content (AvgIpc) is 1.83. The molecule has 0 bridgehead atoms. The molecule has 0 rings (SSSR count). The van der Waals surface area contributed by atoms with Crippen molar-refractivity contribution in [1.29, 1.82) is 0 Å². The highest BCUT2D eigenvalue weighted by atomic mass is 19.1. The SMILES string of the molecule is CC/C=C\C(F)=C/N. The minimum atomic E-state index is -0.383. The standard InChI is InChI=1S/C6H10FN/c1-2-3-4-6(7)5-8/h3-5H,2,8H2,1H3/b4-3-,6-5+. The summed E-state index contributed by atoms with van der Waals surface area (Å²) in [5.41, 5.74) is 4.82. The van der Waals surface area contributed by atoms with Gasteiger partial charge in [-0.1, -0.05) is 13.0 Å². The summed E-state index contributed by atoms with van der Waals surface area (Å²) in [5.74, 6) is -0.383. The van der Waals surface area contributed by atoms with Gasteiger partial charge in [0.25, 0.3) is 0 Å². The monoisotopic (exact) mass is 115 g/mol. The summed E-state index contributed by atoms with van der Waals surface area (Å²) in [6.07, 6.45) is 4.83. The van der Waals surface area contributed by atoms with Crippen molar-refractivity contribution < 1.29 is 4.39 Å². The minimum Gasteiger partial charge on any atom is -0.402 e. The van der Waals surface area contributed by atoms with Crippen LogP contribution in [0.25, 0.3) is 0 Å². The van der Waals surface area contributed by atoms with E-state index in [0.29, 0.717) is 0 Å². The van der Waals surface area contributed by atoms with Crippen LogP contribution in [0.2, 0.25) is 0 Å². The smallest absolute Gasteiger partial charge is 0.138 e.